The number of ether oxygens (including phenoxy) is 3. The van der Waals surface area contributed by atoms with Gasteiger partial charge < -0.3 is 24.4 Å². The first-order valence-corrected chi connectivity index (χ1v) is 11.8. The molecule has 0 aliphatic carbocycles. The Labute approximate surface area is 216 Å². The van der Waals surface area contributed by atoms with Crippen LogP contribution in [0.5, 0.6) is 17.2 Å². The van der Waals surface area contributed by atoms with E-state index in [0.717, 1.165) is 16.2 Å². The zero-order chi connectivity index (χ0) is 27.0. The number of hydrogen-bond donors (Lipinski definition) is 2. The predicted octanol–water partition coefficient (Wildman–Crippen LogP) is 3.90. The molecule has 0 bridgehead atoms. The molecule has 1 aliphatic rings. The van der Waals surface area contributed by atoms with E-state index < -0.39 is 29.5 Å². The van der Waals surface area contributed by atoms with Crippen LogP contribution in [0.25, 0.3) is 5.76 Å². The zero-order valence-electron chi connectivity index (χ0n) is 20.7. The molecule has 1 fully saturated rings. The maximum atomic E-state index is 13.4. The summed E-state index contributed by atoms with van der Waals surface area (Å²) < 4.78 is 15.3. The highest BCUT2D eigenvalue weighted by Gasteiger charge is 2.48. The molecule has 37 heavy (non-hydrogen) atoms. The number of nitrogens with zero attached hydrogens (tertiary/aromatic N) is 2. The molecule has 0 radical (unpaired) electrons. The van der Waals surface area contributed by atoms with Crippen LogP contribution in [0.3, 0.4) is 0 Å². The molecule has 0 spiro atoms. The molecule has 0 saturated carbocycles. The van der Waals surface area contributed by atoms with Crippen LogP contribution in [0.4, 0.5) is 5.13 Å². The third-order valence-electron chi connectivity index (χ3n) is 5.99. The highest BCUT2D eigenvalue weighted by atomic mass is 32.1. The van der Waals surface area contributed by atoms with E-state index in [9.17, 15) is 24.6 Å². The molecule has 1 atom stereocenters. The fraction of sp³-hybridized carbons (Fsp3) is 0.231. The standard InChI is InChI=1S/C26H24N2O8S/c1-12-10-15(7-9-17(12)34-3)21(30)19-20(14-6-8-16(29)18(11-14)35-4)28(24(32)22(19)31)26-27-13(2)23(37-26)25(33)36-5/h6-11,20,29-30H,1-5H3. The topological polar surface area (TPSA) is 135 Å². The first kappa shape index (κ1) is 25.7. The van der Waals surface area contributed by atoms with Gasteiger partial charge in [0.1, 0.15) is 16.4 Å². The average Bonchev–Trinajstić information content (AvgIpc) is 3.39. The number of esters is 1. The van der Waals surface area contributed by atoms with Gasteiger partial charge in [-0.15, -0.1) is 0 Å². The first-order valence-electron chi connectivity index (χ1n) is 11.0. The van der Waals surface area contributed by atoms with Crippen LogP contribution < -0.4 is 14.4 Å². The Morgan fingerprint density at radius 2 is 1.73 bits per heavy atom. The molecular weight excluding hydrogens is 500 g/mol. The number of ketones is 1. The number of amides is 1. The number of anilines is 1. The van der Waals surface area contributed by atoms with Crippen molar-refractivity contribution in [2.75, 3.05) is 26.2 Å². The lowest BCUT2D eigenvalue weighted by Gasteiger charge is -2.23. The van der Waals surface area contributed by atoms with Crippen LogP contribution >= 0.6 is 11.3 Å². The number of carbonyl (C=O) groups is 3. The molecule has 2 heterocycles. The number of phenolic OH excluding ortho intramolecular Hbond substituents is 1. The highest BCUT2D eigenvalue weighted by molar-refractivity contribution is 7.17. The summed E-state index contributed by atoms with van der Waals surface area (Å²) in [6.45, 7) is 3.37. The molecule has 192 valence electrons. The van der Waals surface area contributed by atoms with Gasteiger partial charge in [0.2, 0.25) is 0 Å². The minimum atomic E-state index is -1.13. The number of aromatic nitrogens is 1. The summed E-state index contributed by atoms with van der Waals surface area (Å²) >= 11 is 0.890. The summed E-state index contributed by atoms with van der Waals surface area (Å²) in [6.07, 6.45) is 0. The van der Waals surface area contributed by atoms with E-state index >= 15 is 0 Å². The smallest absolute Gasteiger partial charge is 0.350 e. The fourth-order valence-electron chi connectivity index (χ4n) is 4.16. The summed E-state index contributed by atoms with van der Waals surface area (Å²) in [7, 11) is 4.11. The van der Waals surface area contributed by atoms with Crippen LogP contribution in [0.15, 0.2) is 42.0 Å². The van der Waals surface area contributed by atoms with Gasteiger partial charge in [-0.05, 0) is 55.3 Å². The number of Topliss-reactive ketones (excluding diaryl/α,β-unsaturated/α-hetero) is 1. The second-order valence-electron chi connectivity index (χ2n) is 8.19. The van der Waals surface area contributed by atoms with Crippen molar-refractivity contribution in [1.29, 1.82) is 0 Å². The molecule has 2 N–H and O–H groups in total. The van der Waals surface area contributed by atoms with E-state index in [1.165, 1.54) is 39.5 Å². The van der Waals surface area contributed by atoms with Crippen molar-refractivity contribution in [3.8, 4) is 17.2 Å². The van der Waals surface area contributed by atoms with Crippen molar-refractivity contribution in [3.05, 3.63) is 69.2 Å². The van der Waals surface area contributed by atoms with Gasteiger partial charge in [0.05, 0.1) is 38.6 Å². The quantitative estimate of drug-likeness (QED) is 0.213. The van der Waals surface area contributed by atoms with Crippen LogP contribution in [0.1, 0.15) is 38.1 Å². The van der Waals surface area contributed by atoms with Crippen LogP contribution in [0.2, 0.25) is 0 Å². The number of rotatable bonds is 6. The lowest BCUT2D eigenvalue weighted by Crippen LogP contribution is -2.29. The monoisotopic (exact) mass is 524 g/mol. The van der Waals surface area contributed by atoms with E-state index in [4.69, 9.17) is 14.2 Å². The molecule has 3 aromatic rings. The number of carbonyl (C=O) groups excluding carboxylic acids is 3. The molecule has 1 unspecified atom stereocenters. The van der Waals surface area contributed by atoms with Crippen LogP contribution in [-0.4, -0.2) is 54.2 Å². The molecule has 1 aromatic heterocycles. The first-order chi connectivity index (χ1) is 17.6. The fourth-order valence-corrected chi connectivity index (χ4v) is 5.17. The van der Waals surface area contributed by atoms with E-state index in [0.29, 0.717) is 28.1 Å². The second-order valence-corrected chi connectivity index (χ2v) is 9.16. The number of aryl methyl sites for hydroxylation is 2. The van der Waals surface area contributed by atoms with E-state index in [2.05, 4.69) is 4.98 Å². The van der Waals surface area contributed by atoms with Crippen LogP contribution in [0, 0.1) is 13.8 Å². The zero-order valence-corrected chi connectivity index (χ0v) is 21.5. The Balaban J connectivity index is 1.97. The predicted molar refractivity (Wildman–Crippen MR) is 135 cm³/mol. The third-order valence-corrected chi connectivity index (χ3v) is 7.13. The molecule has 1 amide bonds. The number of benzene rings is 2. The lowest BCUT2D eigenvalue weighted by atomic mass is 9.94. The second kappa shape index (κ2) is 9.94. The SMILES string of the molecule is COC(=O)c1sc(N2C(=O)C(=O)C(=C(O)c3ccc(OC)c(C)c3)C2c2ccc(O)c(OC)c2)nc1C. The van der Waals surface area contributed by atoms with Gasteiger partial charge in [-0.3, -0.25) is 14.5 Å². The van der Waals surface area contributed by atoms with Crippen molar-refractivity contribution in [3.63, 3.8) is 0 Å². The normalized spacial score (nSPS) is 16.7. The molecule has 1 aliphatic heterocycles. The Bertz CT molecular complexity index is 1460. The maximum absolute atomic E-state index is 13.4. The summed E-state index contributed by atoms with van der Waals surface area (Å²) in [5.74, 6) is -2.35. The molecule has 1 saturated heterocycles. The number of aliphatic hydroxyl groups excluding tert-OH is 1. The number of aliphatic hydroxyl groups is 1. The van der Waals surface area contributed by atoms with Gasteiger partial charge in [0, 0.05) is 5.56 Å². The summed E-state index contributed by atoms with van der Waals surface area (Å²) in [4.78, 5) is 44.6. The van der Waals surface area contributed by atoms with Crippen molar-refractivity contribution in [2.24, 2.45) is 0 Å². The highest BCUT2D eigenvalue weighted by Crippen LogP contribution is 2.45. The van der Waals surface area contributed by atoms with Crippen molar-refractivity contribution < 1.29 is 38.8 Å². The molecule has 10 nitrogen and oxygen atoms in total. The molecule has 11 heteroatoms. The van der Waals surface area contributed by atoms with Gasteiger partial charge >= 0.3 is 11.9 Å². The molecular formula is C26H24N2O8S. The maximum Gasteiger partial charge on any atom is 0.350 e. The minimum absolute atomic E-state index is 0.0713. The van der Waals surface area contributed by atoms with E-state index in [1.54, 1.807) is 32.0 Å². The average molecular weight is 525 g/mol. The van der Waals surface area contributed by atoms with Crippen molar-refractivity contribution >= 4 is 39.9 Å². The van der Waals surface area contributed by atoms with Crippen LogP contribution in [-0.2, 0) is 14.3 Å². The summed E-state index contributed by atoms with van der Waals surface area (Å²) in [6, 6.07) is 8.06. The van der Waals surface area contributed by atoms with E-state index in [-0.39, 0.29) is 27.1 Å². The van der Waals surface area contributed by atoms with Gasteiger partial charge in [0.15, 0.2) is 16.6 Å². The van der Waals surface area contributed by atoms with E-state index in [1.807, 2.05) is 0 Å². The Kier molecular flexibility index (Phi) is 6.90. The van der Waals surface area contributed by atoms with Crippen molar-refractivity contribution in [2.45, 2.75) is 19.9 Å². The van der Waals surface area contributed by atoms with Gasteiger partial charge in [-0.1, -0.05) is 17.4 Å². The number of phenols is 1. The van der Waals surface area contributed by atoms with Gasteiger partial charge in [-0.2, -0.15) is 0 Å². The number of aromatic hydroxyl groups is 1. The number of hydrogen-bond acceptors (Lipinski definition) is 10. The minimum Gasteiger partial charge on any atom is -0.507 e. The summed E-state index contributed by atoms with van der Waals surface area (Å²) in [5.41, 5.74) is 1.52. The lowest BCUT2D eigenvalue weighted by molar-refractivity contribution is -0.132. The van der Waals surface area contributed by atoms with Gasteiger partial charge in [-0.25, -0.2) is 9.78 Å². The van der Waals surface area contributed by atoms with Crippen molar-refractivity contribution in [1.82, 2.24) is 4.98 Å². The third kappa shape index (κ3) is 4.38. The molecule has 2 aromatic carbocycles. The Morgan fingerprint density at radius 3 is 2.35 bits per heavy atom. The molecule has 4 rings (SSSR count). The number of methoxy groups -OCH3 is 3. The van der Waals surface area contributed by atoms with Gasteiger partial charge in [0.25, 0.3) is 5.78 Å². The largest absolute Gasteiger partial charge is 0.507 e. The summed E-state index contributed by atoms with van der Waals surface area (Å²) in [5, 5.41) is 21.5. The Hall–Kier alpha value is -4.38. The number of thiazole rings is 1. The Morgan fingerprint density at radius 1 is 1.03 bits per heavy atom.